The van der Waals surface area contributed by atoms with Crippen LogP contribution in [0.3, 0.4) is 0 Å². The molecule has 2 fully saturated rings. The van der Waals surface area contributed by atoms with Crippen LogP contribution in [0.1, 0.15) is 26.2 Å². The van der Waals surface area contributed by atoms with Gasteiger partial charge in [0.15, 0.2) is 11.6 Å². The van der Waals surface area contributed by atoms with Crippen LogP contribution in [0.25, 0.3) is 0 Å². The lowest BCUT2D eigenvalue weighted by molar-refractivity contribution is 0.426. The van der Waals surface area contributed by atoms with Gasteiger partial charge in [0.05, 0.1) is 5.75 Å². The Hall–Kier alpha value is -1.21. The SMILES string of the molecule is CCCS(=O)(=O)N[C@H]1CN(c2ncccc2F)C[C@@H]1C1CC1. The minimum atomic E-state index is -3.26. The van der Waals surface area contributed by atoms with Gasteiger partial charge in [-0.1, -0.05) is 6.92 Å². The number of halogens is 1. The van der Waals surface area contributed by atoms with Crippen molar-refractivity contribution in [2.24, 2.45) is 11.8 Å². The van der Waals surface area contributed by atoms with Crippen molar-refractivity contribution >= 4 is 15.8 Å². The summed E-state index contributed by atoms with van der Waals surface area (Å²) in [5, 5.41) is 0. The summed E-state index contributed by atoms with van der Waals surface area (Å²) in [5.74, 6) is 0.900. The maximum atomic E-state index is 13.9. The zero-order valence-corrected chi connectivity index (χ0v) is 13.5. The number of pyridine rings is 1. The summed E-state index contributed by atoms with van der Waals surface area (Å²) in [4.78, 5) is 5.99. The van der Waals surface area contributed by atoms with E-state index < -0.39 is 10.0 Å². The molecule has 0 bridgehead atoms. The van der Waals surface area contributed by atoms with Gasteiger partial charge in [0.25, 0.3) is 0 Å². The summed E-state index contributed by atoms with van der Waals surface area (Å²) >= 11 is 0. The van der Waals surface area contributed by atoms with E-state index in [0.29, 0.717) is 31.2 Å². The van der Waals surface area contributed by atoms with E-state index in [2.05, 4.69) is 9.71 Å². The highest BCUT2D eigenvalue weighted by atomic mass is 32.2. The Labute approximate surface area is 131 Å². The lowest BCUT2D eigenvalue weighted by Gasteiger charge is -2.19. The van der Waals surface area contributed by atoms with Crippen molar-refractivity contribution < 1.29 is 12.8 Å². The first-order chi connectivity index (χ1) is 10.5. The van der Waals surface area contributed by atoms with Crippen molar-refractivity contribution in [3.63, 3.8) is 0 Å². The Bertz CT molecular complexity index is 633. The van der Waals surface area contributed by atoms with E-state index in [9.17, 15) is 12.8 Å². The third kappa shape index (κ3) is 3.41. The number of sulfonamides is 1. The van der Waals surface area contributed by atoms with Crippen molar-refractivity contribution in [2.75, 3.05) is 23.7 Å². The molecule has 5 nitrogen and oxygen atoms in total. The van der Waals surface area contributed by atoms with E-state index in [1.807, 2.05) is 11.8 Å². The first-order valence-electron chi connectivity index (χ1n) is 7.85. The lowest BCUT2D eigenvalue weighted by atomic mass is 9.99. The normalized spacial score (nSPS) is 25.6. The minimum Gasteiger partial charge on any atom is -0.352 e. The summed E-state index contributed by atoms with van der Waals surface area (Å²) in [7, 11) is -3.26. The van der Waals surface area contributed by atoms with E-state index in [4.69, 9.17) is 0 Å². The first kappa shape index (κ1) is 15.7. The molecule has 1 aliphatic carbocycles. The van der Waals surface area contributed by atoms with Gasteiger partial charge in [-0.25, -0.2) is 22.5 Å². The molecule has 0 radical (unpaired) electrons. The zero-order chi connectivity index (χ0) is 15.7. The number of rotatable bonds is 6. The molecule has 3 rings (SSSR count). The number of aromatic nitrogens is 1. The minimum absolute atomic E-state index is 0.138. The second kappa shape index (κ2) is 6.12. The molecule has 1 aromatic rings. The Kier molecular flexibility index (Phi) is 4.36. The molecular weight excluding hydrogens is 305 g/mol. The van der Waals surface area contributed by atoms with Crippen LogP contribution < -0.4 is 9.62 Å². The maximum Gasteiger partial charge on any atom is 0.211 e. The largest absolute Gasteiger partial charge is 0.352 e. The molecule has 1 saturated heterocycles. The van der Waals surface area contributed by atoms with Crippen molar-refractivity contribution in [1.29, 1.82) is 0 Å². The second-order valence-corrected chi connectivity index (χ2v) is 8.13. The van der Waals surface area contributed by atoms with Crippen molar-refractivity contribution in [3.8, 4) is 0 Å². The molecule has 0 unspecified atom stereocenters. The van der Waals surface area contributed by atoms with Crippen LogP contribution in [0.15, 0.2) is 18.3 Å². The summed E-state index contributed by atoms with van der Waals surface area (Å²) in [5.41, 5.74) is 0. The monoisotopic (exact) mass is 327 g/mol. The number of nitrogens with one attached hydrogen (secondary N) is 1. The van der Waals surface area contributed by atoms with Gasteiger partial charge in [-0.15, -0.1) is 0 Å². The van der Waals surface area contributed by atoms with E-state index in [-0.39, 0.29) is 23.5 Å². The van der Waals surface area contributed by atoms with Crippen LogP contribution in [0.5, 0.6) is 0 Å². The fourth-order valence-corrected chi connectivity index (χ4v) is 4.66. The van der Waals surface area contributed by atoms with Crippen LogP contribution >= 0.6 is 0 Å². The fourth-order valence-electron chi connectivity index (χ4n) is 3.30. The smallest absolute Gasteiger partial charge is 0.211 e. The molecule has 1 aliphatic heterocycles. The van der Waals surface area contributed by atoms with Crippen molar-refractivity contribution in [3.05, 3.63) is 24.1 Å². The van der Waals surface area contributed by atoms with Gasteiger partial charge in [-0.05, 0) is 43.2 Å². The molecule has 2 atom stereocenters. The number of anilines is 1. The molecule has 0 amide bonds. The highest BCUT2D eigenvalue weighted by Gasteiger charge is 2.44. The number of nitrogens with zero attached hydrogens (tertiary/aromatic N) is 2. The van der Waals surface area contributed by atoms with Gasteiger partial charge in [-0.3, -0.25) is 0 Å². The summed E-state index contributed by atoms with van der Waals surface area (Å²) < 4.78 is 40.9. The molecule has 122 valence electrons. The molecule has 0 aromatic carbocycles. The van der Waals surface area contributed by atoms with E-state index in [1.165, 1.54) is 6.07 Å². The molecule has 1 aromatic heterocycles. The average Bonchev–Trinajstić information content (AvgIpc) is 3.21. The number of hydrogen-bond acceptors (Lipinski definition) is 4. The first-order valence-corrected chi connectivity index (χ1v) is 9.51. The van der Waals surface area contributed by atoms with Gasteiger partial charge in [0.1, 0.15) is 0 Å². The molecule has 2 heterocycles. The third-order valence-corrected chi connectivity index (χ3v) is 6.04. The molecule has 22 heavy (non-hydrogen) atoms. The Morgan fingerprint density at radius 3 is 2.82 bits per heavy atom. The predicted octanol–water partition coefficient (Wildman–Crippen LogP) is 1.76. The highest BCUT2D eigenvalue weighted by Crippen LogP contribution is 2.42. The van der Waals surface area contributed by atoms with Gasteiger partial charge in [0, 0.05) is 25.3 Å². The topological polar surface area (TPSA) is 62.3 Å². The van der Waals surface area contributed by atoms with E-state index in [0.717, 1.165) is 12.8 Å². The Morgan fingerprint density at radius 1 is 1.41 bits per heavy atom. The van der Waals surface area contributed by atoms with Crippen LogP contribution in [0.2, 0.25) is 0 Å². The van der Waals surface area contributed by atoms with Crippen LogP contribution in [-0.4, -0.2) is 38.3 Å². The van der Waals surface area contributed by atoms with E-state index >= 15 is 0 Å². The van der Waals surface area contributed by atoms with Crippen LogP contribution in [0, 0.1) is 17.7 Å². The summed E-state index contributed by atoms with van der Waals surface area (Å²) in [6.45, 7) is 3.00. The highest BCUT2D eigenvalue weighted by molar-refractivity contribution is 7.89. The van der Waals surface area contributed by atoms with Crippen molar-refractivity contribution in [2.45, 2.75) is 32.2 Å². The average molecular weight is 327 g/mol. The van der Waals surface area contributed by atoms with Gasteiger partial charge in [0.2, 0.25) is 10.0 Å². The molecule has 0 spiro atoms. The molecule has 1 N–H and O–H groups in total. The Balaban J connectivity index is 1.77. The van der Waals surface area contributed by atoms with Gasteiger partial charge < -0.3 is 4.90 Å². The fraction of sp³-hybridized carbons (Fsp3) is 0.667. The number of hydrogen-bond donors (Lipinski definition) is 1. The van der Waals surface area contributed by atoms with E-state index in [1.54, 1.807) is 12.3 Å². The molecular formula is C15H22FN3O2S. The standard InChI is InChI=1S/C15H22FN3O2S/c1-2-8-22(20,21)18-14-10-19(9-12(14)11-5-6-11)15-13(16)4-3-7-17-15/h3-4,7,11-12,14,18H,2,5-6,8-10H2,1H3/t12-,14+/m1/s1. The molecule has 1 saturated carbocycles. The van der Waals surface area contributed by atoms with Crippen molar-refractivity contribution in [1.82, 2.24) is 9.71 Å². The van der Waals surface area contributed by atoms with Gasteiger partial charge in [-0.2, -0.15) is 0 Å². The zero-order valence-electron chi connectivity index (χ0n) is 12.7. The molecule has 2 aliphatic rings. The summed E-state index contributed by atoms with van der Waals surface area (Å²) in [6.07, 6.45) is 4.43. The maximum absolute atomic E-state index is 13.9. The third-order valence-electron chi connectivity index (χ3n) is 4.43. The Morgan fingerprint density at radius 2 is 2.18 bits per heavy atom. The van der Waals surface area contributed by atoms with Crippen LogP contribution in [-0.2, 0) is 10.0 Å². The predicted molar refractivity (Wildman–Crippen MR) is 83.6 cm³/mol. The molecule has 7 heteroatoms. The summed E-state index contributed by atoms with van der Waals surface area (Å²) in [6, 6.07) is 2.81. The lowest BCUT2D eigenvalue weighted by Crippen LogP contribution is -2.42. The second-order valence-electron chi connectivity index (χ2n) is 6.26. The quantitative estimate of drug-likeness (QED) is 0.865. The van der Waals surface area contributed by atoms with Gasteiger partial charge >= 0.3 is 0 Å². The van der Waals surface area contributed by atoms with Crippen LogP contribution in [0.4, 0.5) is 10.2 Å².